The van der Waals surface area contributed by atoms with Gasteiger partial charge < -0.3 is 16.0 Å². The van der Waals surface area contributed by atoms with Crippen LogP contribution in [-0.4, -0.2) is 67.6 Å². The number of nitrogens with two attached hydrogens (primary N) is 1. The van der Waals surface area contributed by atoms with Crippen LogP contribution in [0.2, 0.25) is 0 Å². The minimum Gasteiger partial charge on any atom is -0.352 e. The maximum absolute atomic E-state index is 12.0. The molecule has 1 heterocycles. The molecule has 1 aliphatic heterocycles. The normalized spacial score (nSPS) is 18.5. The van der Waals surface area contributed by atoms with Crippen LogP contribution < -0.4 is 11.1 Å². The van der Waals surface area contributed by atoms with Crippen LogP contribution in [0.25, 0.3) is 0 Å². The topological polar surface area (TPSA) is 61.6 Å². The van der Waals surface area contributed by atoms with E-state index in [0.29, 0.717) is 12.6 Å². The van der Waals surface area contributed by atoms with Crippen LogP contribution in [0.5, 0.6) is 0 Å². The van der Waals surface area contributed by atoms with Crippen LogP contribution in [-0.2, 0) is 4.79 Å². The average Bonchev–Trinajstić information content (AvgIpc) is 2.62. The molecule has 19 heavy (non-hydrogen) atoms. The number of hydrogen-bond donors (Lipinski definition) is 2. The fourth-order valence-electron chi connectivity index (χ4n) is 2.56. The molecule has 112 valence electrons. The van der Waals surface area contributed by atoms with Gasteiger partial charge >= 0.3 is 0 Å². The van der Waals surface area contributed by atoms with Gasteiger partial charge in [0.1, 0.15) is 0 Å². The molecule has 0 saturated carbocycles. The minimum atomic E-state index is 0.168. The van der Waals surface area contributed by atoms with Crippen LogP contribution in [0.15, 0.2) is 0 Å². The number of carbonyl (C=O) groups excluding carboxylic acids is 1. The highest BCUT2D eigenvalue weighted by molar-refractivity contribution is 5.78. The van der Waals surface area contributed by atoms with E-state index in [-0.39, 0.29) is 5.91 Å². The number of rotatable bonds is 7. The van der Waals surface area contributed by atoms with Gasteiger partial charge in [0.2, 0.25) is 5.91 Å². The lowest BCUT2D eigenvalue weighted by molar-refractivity contribution is -0.123. The molecule has 5 nitrogen and oxygen atoms in total. The zero-order valence-electron chi connectivity index (χ0n) is 12.5. The molecule has 0 aromatic rings. The van der Waals surface area contributed by atoms with Gasteiger partial charge in [-0.25, -0.2) is 0 Å². The van der Waals surface area contributed by atoms with Gasteiger partial charge in [0.05, 0.1) is 6.54 Å². The van der Waals surface area contributed by atoms with Crippen LogP contribution in [0.3, 0.4) is 0 Å². The van der Waals surface area contributed by atoms with E-state index in [1.807, 2.05) is 0 Å². The summed E-state index contributed by atoms with van der Waals surface area (Å²) in [5, 5.41) is 3.11. The van der Waals surface area contributed by atoms with Gasteiger partial charge in [-0.05, 0) is 32.4 Å². The first-order chi connectivity index (χ1) is 9.19. The van der Waals surface area contributed by atoms with Crippen LogP contribution in [0, 0.1) is 0 Å². The lowest BCUT2D eigenvalue weighted by atomic mass is 10.2. The Labute approximate surface area is 117 Å². The molecule has 0 aromatic carbocycles. The Kier molecular flexibility index (Phi) is 8.02. The molecule has 1 aliphatic rings. The molecule has 5 heteroatoms. The molecule has 0 radical (unpaired) electrons. The van der Waals surface area contributed by atoms with Crippen molar-refractivity contribution in [2.45, 2.75) is 39.2 Å². The fraction of sp³-hybridized carbons (Fsp3) is 0.929. The van der Waals surface area contributed by atoms with Gasteiger partial charge in [0.15, 0.2) is 0 Å². The molecule has 0 aliphatic carbocycles. The second kappa shape index (κ2) is 9.28. The summed E-state index contributed by atoms with van der Waals surface area (Å²) in [4.78, 5) is 16.6. The second-order valence-corrected chi connectivity index (χ2v) is 5.34. The lowest BCUT2D eigenvalue weighted by Gasteiger charge is -2.22. The molecule has 0 atom stereocenters. The molecule has 0 unspecified atom stereocenters. The third kappa shape index (κ3) is 6.36. The number of nitrogens with one attached hydrogen (secondary N) is 1. The van der Waals surface area contributed by atoms with Gasteiger partial charge in [0.25, 0.3) is 0 Å². The van der Waals surface area contributed by atoms with Crippen molar-refractivity contribution < 1.29 is 4.79 Å². The molecule has 1 amide bonds. The fourth-order valence-corrected chi connectivity index (χ4v) is 2.56. The smallest absolute Gasteiger partial charge is 0.234 e. The van der Waals surface area contributed by atoms with Crippen LogP contribution >= 0.6 is 0 Å². The molecule has 3 N–H and O–H groups in total. The number of amides is 1. The Morgan fingerprint density at radius 3 is 2.42 bits per heavy atom. The first-order valence-corrected chi connectivity index (χ1v) is 7.63. The molecule has 0 spiro atoms. The van der Waals surface area contributed by atoms with Gasteiger partial charge in [-0.2, -0.15) is 0 Å². The summed E-state index contributed by atoms with van der Waals surface area (Å²) in [6.07, 6.45) is 3.14. The minimum absolute atomic E-state index is 0.168. The summed E-state index contributed by atoms with van der Waals surface area (Å²) >= 11 is 0. The zero-order valence-corrected chi connectivity index (χ0v) is 12.5. The van der Waals surface area contributed by atoms with Gasteiger partial charge in [0, 0.05) is 32.2 Å². The van der Waals surface area contributed by atoms with E-state index in [1.54, 1.807) is 0 Å². The second-order valence-electron chi connectivity index (χ2n) is 5.34. The standard InChI is InChI=1S/C14H30N4O/c1-3-13(4-2)16-14(19)12-18-8-5-7-17(9-6-15)10-11-18/h13H,3-12,15H2,1-2H3,(H,16,19). The Bertz CT molecular complexity index is 256. The zero-order chi connectivity index (χ0) is 14.1. The van der Waals surface area contributed by atoms with Gasteiger partial charge in [-0.15, -0.1) is 0 Å². The monoisotopic (exact) mass is 270 g/mol. The summed E-state index contributed by atoms with van der Waals surface area (Å²) in [5.74, 6) is 0.168. The van der Waals surface area contributed by atoms with Gasteiger partial charge in [-0.1, -0.05) is 13.8 Å². The lowest BCUT2D eigenvalue weighted by Crippen LogP contribution is -2.43. The molecule has 1 rings (SSSR count). The van der Waals surface area contributed by atoms with E-state index in [1.165, 1.54) is 0 Å². The van der Waals surface area contributed by atoms with Crippen LogP contribution in [0.1, 0.15) is 33.1 Å². The van der Waals surface area contributed by atoms with E-state index < -0.39 is 0 Å². The van der Waals surface area contributed by atoms with Crippen molar-refractivity contribution >= 4 is 5.91 Å². The molecule has 0 aromatic heterocycles. The molecule has 0 bridgehead atoms. The Hall–Kier alpha value is -0.650. The summed E-state index contributed by atoms with van der Waals surface area (Å²) < 4.78 is 0. The molecular weight excluding hydrogens is 240 g/mol. The highest BCUT2D eigenvalue weighted by Crippen LogP contribution is 2.03. The maximum Gasteiger partial charge on any atom is 0.234 e. The van der Waals surface area contributed by atoms with Gasteiger partial charge in [-0.3, -0.25) is 9.69 Å². The maximum atomic E-state index is 12.0. The van der Waals surface area contributed by atoms with Crippen LogP contribution in [0.4, 0.5) is 0 Å². The summed E-state index contributed by atoms with van der Waals surface area (Å²) in [6.45, 7) is 10.6. The van der Waals surface area contributed by atoms with Crippen molar-refractivity contribution in [2.24, 2.45) is 5.73 Å². The van der Waals surface area contributed by atoms with E-state index in [9.17, 15) is 4.79 Å². The van der Waals surface area contributed by atoms with Crippen molar-refractivity contribution in [3.8, 4) is 0 Å². The highest BCUT2D eigenvalue weighted by Gasteiger charge is 2.17. The predicted octanol–water partition coefficient (Wildman–Crippen LogP) is 0.258. The number of nitrogens with zero attached hydrogens (tertiary/aromatic N) is 2. The Balaban J connectivity index is 2.30. The predicted molar refractivity (Wildman–Crippen MR) is 79.1 cm³/mol. The largest absolute Gasteiger partial charge is 0.352 e. The Morgan fingerprint density at radius 2 is 1.79 bits per heavy atom. The highest BCUT2D eigenvalue weighted by atomic mass is 16.2. The summed E-state index contributed by atoms with van der Waals surface area (Å²) in [6, 6.07) is 0.327. The number of hydrogen-bond acceptors (Lipinski definition) is 4. The number of carbonyl (C=O) groups is 1. The van der Waals surface area contributed by atoms with Crippen molar-refractivity contribution in [3.63, 3.8) is 0 Å². The summed E-state index contributed by atoms with van der Waals surface area (Å²) in [5.41, 5.74) is 5.59. The molecule has 1 fully saturated rings. The quantitative estimate of drug-likeness (QED) is 0.696. The summed E-state index contributed by atoms with van der Waals surface area (Å²) in [7, 11) is 0. The van der Waals surface area contributed by atoms with E-state index >= 15 is 0 Å². The van der Waals surface area contributed by atoms with E-state index in [2.05, 4.69) is 29.0 Å². The molecular formula is C14H30N4O. The van der Waals surface area contributed by atoms with Crippen molar-refractivity contribution in [3.05, 3.63) is 0 Å². The third-order valence-corrected chi connectivity index (χ3v) is 3.84. The Morgan fingerprint density at radius 1 is 1.16 bits per heavy atom. The van der Waals surface area contributed by atoms with Crippen molar-refractivity contribution in [2.75, 3.05) is 45.8 Å². The van der Waals surface area contributed by atoms with Crippen molar-refractivity contribution in [1.29, 1.82) is 0 Å². The first kappa shape index (κ1) is 16.4. The SMILES string of the molecule is CCC(CC)NC(=O)CN1CCCN(CCN)CC1. The van der Waals surface area contributed by atoms with Crippen molar-refractivity contribution in [1.82, 2.24) is 15.1 Å². The first-order valence-electron chi connectivity index (χ1n) is 7.63. The van der Waals surface area contributed by atoms with E-state index in [4.69, 9.17) is 5.73 Å². The average molecular weight is 270 g/mol. The third-order valence-electron chi connectivity index (χ3n) is 3.84. The van der Waals surface area contributed by atoms with E-state index in [0.717, 1.165) is 58.5 Å². The molecule has 1 saturated heterocycles.